The van der Waals surface area contributed by atoms with Gasteiger partial charge < -0.3 is 11.1 Å². The van der Waals surface area contributed by atoms with Crippen molar-refractivity contribution in [1.82, 2.24) is 5.32 Å². The van der Waals surface area contributed by atoms with Gasteiger partial charge in [0.25, 0.3) is 0 Å². The van der Waals surface area contributed by atoms with Crippen molar-refractivity contribution in [3.8, 4) is 0 Å². The molecule has 3 heteroatoms. The quantitative estimate of drug-likeness (QED) is 0.774. The molecule has 1 fully saturated rings. The number of carbonyl (C=O) groups excluding carboxylic acids is 1. The predicted octanol–water partition coefficient (Wildman–Crippen LogP) is 2.05. The molecule has 1 amide bonds. The lowest BCUT2D eigenvalue weighted by Gasteiger charge is -2.36. The van der Waals surface area contributed by atoms with Gasteiger partial charge in [-0.3, -0.25) is 4.79 Å². The smallest absolute Gasteiger partial charge is 0.237 e. The van der Waals surface area contributed by atoms with Crippen LogP contribution in [0.15, 0.2) is 0 Å². The molecular weight excluding hydrogens is 200 g/mol. The molecule has 0 aromatic carbocycles. The van der Waals surface area contributed by atoms with Gasteiger partial charge in [-0.2, -0.15) is 0 Å². The summed E-state index contributed by atoms with van der Waals surface area (Å²) in [7, 11) is 0. The Labute approximate surface area is 99.2 Å². The normalized spacial score (nSPS) is 26.5. The van der Waals surface area contributed by atoms with Gasteiger partial charge in [-0.25, -0.2) is 0 Å². The minimum atomic E-state index is -0.370. The molecule has 0 aliphatic heterocycles. The number of carbonyl (C=O) groups is 1. The Balaban J connectivity index is 2.45. The molecule has 3 N–H and O–H groups in total. The molecule has 0 saturated heterocycles. The molecule has 1 aliphatic rings. The summed E-state index contributed by atoms with van der Waals surface area (Å²) in [5.41, 5.74) is 6.19. The number of nitrogens with two attached hydrogens (primary N) is 1. The first-order valence-corrected chi connectivity index (χ1v) is 6.38. The van der Waals surface area contributed by atoms with Crippen LogP contribution in [0.5, 0.6) is 0 Å². The van der Waals surface area contributed by atoms with Crippen molar-refractivity contribution >= 4 is 5.91 Å². The summed E-state index contributed by atoms with van der Waals surface area (Å²) >= 11 is 0. The molecule has 0 spiro atoms. The van der Waals surface area contributed by atoms with E-state index in [0.29, 0.717) is 11.5 Å². The minimum Gasteiger partial charge on any atom is -0.352 e. The first kappa shape index (κ1) is 13.5. The van der Waals surface area contributed by atoms with Crippen LogP contribution in [0.1, 0.15) is 53.4 Å². The predicted molar refractivity (Wildman–Crippen MR) is 67.0 cm³/mol. The molecule has 3 nitrogen and oxygen atoms in total. The van der Waals surface area contributed by atoms with Crippen molar-refractivity contribution in [2.45, 2.75) is 65.5 Å². The van der Waals surface area contributed by atoms with Gasteiger partial charge in [0, 0.05) is 6.04 Å². The van der Waals surface area contributed by atoms with E-state index in [1.807, 2.05) is 13.8 Å². The van der Waals surface area contributed by atoms with Crippen LogP contribution in [0.2, 0.25) is 0 Å². The van der Waals surface area contributed by atoms with Crippen LogP contribution < -0.4 is 11.1 Å². The Kier molecular flexibility index (Phi) is 4.36. The standard InChI is InChI=1S/C13H26N2O/c1-9(2)11(14)12(16)15-10-6-5-7-13(3,4)8-10/h9-11H,5-8,14H2,1-4H3,(H,15,16)/t10?,11-/m1/s1. The topological polar surface area (TPSA) is 55.1 Å². The molecule has 0 heterocycles. The molecule has 0 radical (unpaired) electrons. The van der Waals surface area contributed by atoms with E-state index in [0.717, 1.165) is 12.8 Å². The van der Waals surface area contributed by atoms with E-state index in [-0.39, 0.29) is 17.9 Å². The Bertz CT molecular complexity index is 248. The highest BCUT2D eigenvalue weighted by Crippen LogP contribution is 2.35. The second kappa shape index (κ2) is 5.17. The molecule has 0 bridgehead atoms. The van der Waals surface area contributed by atoms with Crippen molar-refractivity contribution in [1.29, 1.82) is 0 Å². The van der Waals surface area contributed by atoms with Gasteiger partial charge >= 0.3 is 0 Å². The molecule has 16 heavy (non-hydrogen) atoms. The van der Waals surface area contributed by atoms with Gasteiger partial charge in [0.2, 0.25) is 5.91 Å². The Hall–Kier alpha value is -0.570. The van der Waals surface area contributed by atoms with Crippen LogP contribution in [0.4, 0.5) is 0 Å². The summed E-state index contributed by atoms with van der Waals surface area (Å²) in [5.74, 6) is 0.217. The number of hydrogen-bond donors (Lipinski definition) is 2. The number of hydrogen-bond acceptors (Lipinski definition) is 2. The minimum absolute atomic E-state index is 0.0118. The number of nitrogens with one attached hydrogen (secondary N) is 1. The van der Waals surface area contributed by atoms with Gasteiger partial charge in [-0.15, -0.1) is 0 Å². The maximum atomic E-state index is 11.8. The van der Waals surface area contributed by atoms with Crippen molar-refractivity contribution in [2.75, 3.05) is 0 Å². The largest absolute Gasteiger partial charge is 0.352 e. The lowest BCUT2D eigenvalue weighted by molar-refractivity contribution is -0.124. The molecule has 1 unspecified atom stereocenters. The Morgan fingerprint density at radius 2 is 2.06 bits per heavy atom. The van der Waals surface area contributed by atoms with Crippen molar-refractivity contribution < 1.29 is 4.79 Å². The Morgan fingerprint density at radius 1 is 1.44 bits per heavy atom. The van der Waals surface area contributed by atoms with Crippen molar-refractivity contribution in [3.05, 3.63) is 0 Å². The molecule has 1 aliphatic carbocycles. The van der Waals surface area contributed by atoms with Crippen LogP contribution in [-0.4, -0.2) is 18.0 Å². The summed E-state index contributed by atoms with van der Waals surface area (Å²) in [6.07, 6.45) is 4.63. The fourth-order valence-electron chi connectivity index (χ4n) is 2.42. The number of rotatable bonds is 3. The van der Waals surface area contributed by atoms with E-state index < -0.39 is 0 Å². The first-order valence-electron chi connectivity index (χ1n) is 6.38. The van der Waals surface area contributed by atoms with Gasteiger partial charge in [0.1, 0.15) is 0 Å². The molecule has 0 aromatic heterocycles. The highest BCUT2D eigenvalue weighted by atomic mass is 16.2. The second-order valence-electron chi connectivity index (χ2n) is 6.24. The maximum Gasteiger partial charge on any atom is 0.237 e. The lowest BCUT2D eigenvalue weighted by atomic mass is 9.75. The fraction of sp³-hybridized carbons (Fsp3) is 0.923. The maximum absolute atomic E-state index is 11.8. The third-order valence-corrected chi connectivity index (χ3v) is 3.57. The molecule has 94 valence electrons. The summed E-state index contributed by atoms with van der Waals surface area (Å²) in [6.45, 7) is 8.51. The van der Waals surface area contributed by atoms with Gasteiger partial charge in [-0.05, 0) is 30.6 Å². The van der Waals surface area contributed by atoms with Crippen LogP contribution in [0.3, 0.4) is 0 Å². The summed E-state index contributed by atoms with van der Waals surface area (Å²) in [4.78, 5) is 11.8. The van der Waals surface area contributed by atoms with E-state index in [1.54, 1.807) is 0 Å². The van der Waals surface area contributed by atoms with E-state index in [2.05, 4.69) is 19.2 Å². The molecule has 1 saturated carbocycles. The van der Waals surface area contributed by atoms with Crippen LogP contribution >= 0.6 is 0 Å². The van der Waals surface area contributed by atoms with Crippen molar-refractivity contribution in [3.63, 3.8) is 0 Å². The second-order valence-corrected chi connectivity index (χ2v) is 6.24. The fourth-order valence-corrected chi connectivity index (χ4v) is 2.42. The zero-order chi connectivity index (χ0) is 12.3. The van der Waals surface area contributed by atoms with E-state index in [4.69, 9.17) is 5.73 Å². The average Bonchev–Trinajstić information content (AvgIpc) is 2.14. The lowest BCUT2D eigenvalue weighted by Crippen LogP contribution is -2.49. The van der Waals surface area contributed by atoms with Crippen molar-refractivity contribution in [2.24, 2.45) is 17.1 Å². The molecule has 0 aromatic rings. The monoisotopic (exact) mass is 226 g/mol. The van der Waals surface area contributed by atoms with Crippen LogP contribution in [0, 0.1) is 11.3 Å². The summed E-state index contributed by atoms with van der Waals surface area (Å²) in [6, 6.07) is -0.0499. The third-order valence-electron chi connectivity index (χ3n) is 3.57. The molecular formula is C13H26N2O. The highest BCUT2D eigenvalue weighted by Gasteiger charge is 2.30. The Morgan fingerprint density at radius 3 is 2.56 bits per heavy atom. The summed E-state index contributed by atoms with van der Waals surface area (Å²) < 4.78 is 0. The first-order chi connectivity index (χ1) is 7.32. The van der Waals surface area contributed by atoms with E-state index >= 15 is 0 Å². The number of amides is 1. The molecule has 2 atom stereocenters. The van der Waals surface area contributed by atoms with E-state index in [1.165, 1.54) is 12.8 Å². The average molecular weight is 226 g/mol. The zero-order valence-electron chi connectivity index (χ0n) is 11.0. The highest BCUT2D eigenvalue weighted by molar-refractivity contribution is 5.82. The van der Waals surface area contributed by atoms with Gasteiger partial charge in [0.15, 0.2) is 0 Å². The zero-order valence-corrected chi connectivity index (χ0v) is 11.0. The van der Waals surface area contributed by atoms with Gasteiger partial charge in [-0.1, -0.05) is 34.1 Å². The third kappa shape index (κ3) is 3.78. The summed E-state index contributed by atoms with van der Waals surface area (Å²) in [5, 5.41) is 3.09. The van der Waals surface area contributed by atoms with E-state index in [9.17, 15) is 4.79 Å². The van der Waals surface area contributed by atoms with Crippen LogP contribution in [-0.2, 0) is 4.79 Å². The SMILES string of the molecule is CC(C)[C@@H](N)C(=O)NC1CCCC(C)(C)C1. The molecule has 1 rings (SSSR count). The van der Waals surface area contributed by atoms with Crippen LogP contribution in [0.25, 0.3) is 0 Å². The van der Waals surface area contributed by atoms with Gasteiger partial charge in [0.05, 0.1) is 6.04 Å².